The van der Waals surface area contributed by atoms with Gasteiger partial charge in [0.25, 0.3) is 0 Å². The minimum Gasteiger partial charge on any atom is -0.309 e. The Morgan fingerprint density at radius 2 is 0.721 bits per heavy atom. The van der Waals surface area contributed by atoms with Crippen molar-refractivity contribution < 1.29 is 0 Å². The number of fused-ring (bicyclic) bond motifs is 14. The molecule has 0 aliphatic heterocycles. The van der Waals surface area contributed by atoms with Crippen molar-refractivity contribution in [1.82, 2.24) is 29.1 Å². The van der Waals surface area contributed by atoms with Crippen LogP contribution in [-0.2, 0) is 21.7 Å². The van der Waals surface area contributed by atoms with Gasteiger partial charge in [-0.3, -0.25) is 4.98 Å². The van der Waals surface area contributed by atoms with Gasteiger partial charge in [-0.15, -0.1) is 22.7 Å². The van der Waals surface area contributed by atoms with Gasteiger partial charge in [-0.25, -0.2) is 15.0 Å². The highest BCUT2D eigenvalue weighted by Gasteiger charge is 2.28. The maximum Gasteiger partial charge on any atom is 0.164 e. The lowest BCUT2D eigenvalue weighted by atomic mass is 9.79. The summed E-state index contributed by atoms with van der Waals surface area (Å²) in [7, 11) is 0. The van der Waals surface area contributed by atoms with Crippen molar-refractivity contribution in [1.29, 1.82) is 0 Å². The molecular formula is C78H68N6S2. The highest BCUT2D eigenvalue weighted by Crippen LogP contribution is 2.48. The summed E-state index contributed by atoms with van der Waals surface area (Å²) in [5.74, 6) is 1.87. The van der Waals surface area contributed by atoms with Crippen LogP contribution in [0.2, 0.25) is 0 Å². The fourth-order valence-electron chi connectivity index (χ4n) is 12.9. The average molecular weight is 1150 g/mol. The lowest BCUT2D eigenvalue weighted by Crippen LogP contribution is -2.17. The minimum atomic E-state index is -0.126. The zero-order valence-electron chi connectivity index (χ0n) is 51.0. The fraction of sp³-hybridized carbons (Fsp3) is 0.205. The largest absolute Gasteiger partial charge is 0.309 e. The molecule has 6 aromatic heterocycles. The van der Waals surface area contributed by atoms with E-state index >= 15 is 0 Å². The molecule has 15 rings (SSSR count). The van der Waals surface area contributed by atoms with Gasteiger partial charge in [-0.2, -0.15) is 0 Å². The third-order valence-corrected chi connectivity index (χ3v) is 20.1. The van der Waals surface area contributed by atoms with Crippen molar-refractivity contribution in [2.75, 3.05) is 0 Å². The molecule has 0 N–H and O–H groups in total. The fourth-order valence-corrected chi connectivity index (χ4v) is 15.4. The molecule has 0 saturated carbocycles. The molecule has 15 aromatic rings. The molecule has 8 heteroatoms. The van der Waals surface area contributed by atoms with E-state index in [1.807, 2.05) is 28.9 Å². The smallest absolute Gasteiger partial charge is 0.164 e. The molecule has 0 spiro atoms. The SMILES string of the molecule is CC(C)(C)c1cc(-c2nc(-c3cc(C(C)(C)C)cc(C(C)(C)C)c3)nc(-c3ccc(-n4c5ccccc5c5c6sc7ccccc7c6ccc54)c(-c4cnccc4-n4c5ccccc5c5c6sc7ccccc7c6ccc54)c3)n2)cc(C(C)(C)C)c1. The average Bonchev–Trinajstić information content (AvgIpc) is 1.58. The van der Waals surface area contributed by atoms with Gasteiger partial charge in [0.05, 0.1) is 33.4 Å². The number of nitrogens with zero attached hydrogens (tertiary/aromatic N) is 6. The molecule has 6 nitrogen and oxygen atoms in total. The summed E-state index contributed by atoms with van der Waals surface area (Å²) in [4.78, 5) is 21.8. The third kappa shape index (κ3) is 8.77. The summed E-state index contributed by atoms with van der Waals surface area (Å²) < 4.78 is 10.1. The molecule has 0 bridgehead atoms. The first kappa shape index (κ1) is 53.9. The van der Waals surface area contributed by atoms with E-state index in [0.717, 1.165) is 61.3 Å². The molecule has 0 atom stereocenters. The van der Waals surface area contributed by atoms with E-state index < -0.39 is 0 Å². The molecule has 0 fully saturated rings. The van der Waals surface area contributed by atoms with Crippen LogP contribution >= 0.6 is 22.7 Å². The molecule has 0 radical (unpaired) electrons. The summed E-state index contributed by atoms with van der Waals surface area (Å²) >= 11 is 3.76. The summed E-state index contributed by atoms with van der Waals surface area (Å²) in [5, 5.41) is 10.1. The van der Waals surface area contributed by atoms with Gasteiger partial charge in [0, 0.05) is 102 Å². The Balaban J connectivity index is 1.04. The monoisotopic (exact) mass is 1150 g/mol. The first-order valence-corrected chi connectivity index (χ1v) is 31.6. The van der Waals surface area contributed by atoms with Crippen molar-refractivity contribution in [2.24, 2.45) is 0 Å². The number of rotatable bonds is 6. The summed E-state index contributed by atoms with van der Waals surface area (Å²) in [6.07, 6.45) is 4.01. The lowest BCUT2D eigenvalue weighted by molar-refractivity contribution is 0.568. The molecule has 0 aliphatic carbocycles. The minimum absolute atomic E-state index is 0.126. The van der Waals surface area contributed by atoms with E-state index in [2.05, 4.69) is 280 Å². The van der Waals surface area contributed by atoms with Crippen LogP contribution in [0.25, 0.3) is 141 Å². The van der Waals surface area contributed by atoms with Gasteiger partial charge in [0.1, 0.15) is 0 Å². The van der Waals surface area contributed by atoms with Crippen LogP contribution < -0.4 is 0 Å². The van der Waals surface area contributed by atoms with E-state index in [4.69, 9.17) is 19.9 Å². The number of para-hydroxylation sites is 2. The number of benzene rings is 9. The zero-order chi connectivity index (χ0) is 59.3. The predicted molar refractivity (Wildman–Crippen MR) is 369 cm³/mol. The number of aromatic nitrogens is 6. The summed E-state index contributed by atoms with van der Waals surface area (Å²) in [6.45, 7) is 27.5. The maximum atomic E-state index is 5.62. The maximum absolute atomic E-state index is 5.62. The Labute approximate surface area is 510 Å². The Morgan fingerprint density at radius 3 is 1.16 bits per heavy atom. The second-order valence-corrected chi connectivity index (χ2v) is 29.7. The zero-order valence-corrected chi connectivity index (χ0v) is 52.6. The van der Waals surface area contributed by atoms with E-state index in [0.29, 0.717) is 17.5 Å². The third-order valence-electron chi connectivity index (χ3n) is 17.7. The molecule has 0 saturated heterocycles. The van der Waals surface area contributed by atoms with Gasteiger partial charge < -0.3 is 9.13 Å². The van der Waals surface area contributed by atoms with Crippen molar-refractivity contribution >= 4 is 107 Å². The molecule has 86 heavy (non-hydrogen) atoms. The van der Waals surface area contributed by atoms with Crippen molar-refractivity contribution in [3.63, 3.8) is 0 Å². The molecule has 0 aliphatic rings. The molecule has 0 unspecified atom stereocenters. The molecule has 6 heterocycles. The van der Waals surface area contributed by atoms with Crippen molar-refractivity contribution in [2.45, 2.75) is 105 Å². The highest BCUT2D eigenvalue weighted by atomic mass is 32.1. The number of pyridine rings is 1. The topological polar surface area (TPSA) is 61.4 Å². The highest BCUT2D eigenvalue weighted by molar-refractivity contribution is 7.27. The van der Waals surface area contributed by atoms with Gasteiger partial charge in [0.15, 0.2) is 17.5 Å². The van der Waals surface area contributed by atoms with E-state index in [1.54, 1.807) is 0 Å². The number of hydrogen-bond acceptors (Lipinski definition) is 6. The summed E-state index contributed by atoms with van der Waals surface area (Å²) in [6, 6.07) is 67.7. The van der Waals surface area contributed by atoms with Crippen LogP contribution in [0.15, 0.2) is 194 Å². The Kier molecular flexibility index (Phi) is 12.1. The number of hydrogen-bond donors (Lipinski definition) is 0. The van der Waals surface area contributed by atoms with Gasteiger partial charge in [0.2, 0.25) is 0 Å². The Bertz CT molecular complexity index is 5130. The van der Waals surface area contributed by atoms with E-state index in [-0.39, 0.29) is 21.7 Å². The van der Waals surface area contributed by atoms with Crippen LogP contribution in [0.5, 0.6) is 0 Å². The quantitative estimate of drug-likeness (QED) is 0.166. The van der Waals surface area contributed by atoms with Crippen molar-refractivity contribution in [3.8, 4) is 56.7 Å². The van der Waals surface area contributed by atoms with Crippen LogP contribution in [0.4, 0.5) is 0 Å². The van der Waals surface area contributed by atoms with Crippen LogP contribution in [-0.4, -0.2) is 29.1 Å². The van der Waals surface area contributed by atoms with Gasteiger partial charge in [-0.05, 0) is 129 Å². The number of thiophene rings is 2. The first-order valence-electron chi connectivity index (χ1n) is 30.0. The van der Waals surface area contributed by atoms with E-state index in [9.17, 15) is 0 Å². The standard InChI is InChI=1S/C78H68N6S2/c1-75(2,3)48-37-46(38-49(42-48)76(4,5)6)73-80-72(81-74(82-73)47-39-50(77(7,8)9)43-51(40-47)78(10,11)12)45-29-32-62(83-60-25-17-13-23-56(60)68-64(83)33-30-54-52-21-15-19-27-66(52)85-70(54)68)58(41-45)59-44-79-36-35-63(59)84-61-26-18-14-24-57(61)69-65(84)34-31-55-53-22-16-20-28-67(53)86-71(55)69/h13-44H,1-12H3. The lowest BCUT2D eigenvalue weighted by Gasteiger charge is -2.26. The Morgan fingerprint density at radius 1 is 0.326 bits per heavy atom. The second-order valence-electron chi connectivity index (χ2n) is 27.6. The van der Waals surface area contributed by atoms with Gasteiger partial charge in [-0.1, -0.05) is 180 Å². The summed E-state index contributed by atoms with van der Waals surface area (Å²) in [5.41, 5.74) is 15.8. The first-order chi connectivity index (χ1) is 41.2. The molecule has 422 valence electrons. The van der Waals surface area contributed by atoms with E-state index in [1.165, 1.54) is 84.1 Å². The molecule has 0 amide bonds. The van der Waals surface area contributed by atoms with Crippen LogP contribution in [0.3, 0.4) is 0 Å². The van der Waals surface area contributed by atoms with Crippen molar-refractivity contribution in [3.05, 3.63) is 217 Å². The predicted octanol–water partition coefficient (Wildman–Crippen LogP) is 22.1. The molecule has 9 aromatic carbocycles. The normalized spacial score (nSPS) is 12.9. The van der Waals surface area contributed by atoms with Gasteiger partial charge >= 0.3 is 0 Å². The molecular weight excluding hydrogens is 1090 g/mol. The van der Waals surface area contributed by atoms with Crippen LogP contribution in [0, 0.1) is 0 Å². The Hall–Kier alpha value is -8.82. The van der Waals surface area contributed by atoms with Crippen LogP contribution in [0.1, 0.15) is 105 Å². The second kappa shape index (κ2) is 19.3.